The van der Waals surface area contributed by atoms with Crippen LogP contribution in [0.4, 0.5) is 11.4 Å². The highest BCUT2D eigenvalue weighted by molar-refractivity contribution is 7.85. The molecule has 0 aliphatic rings. The standard InChI is InChI=1S/C15H16N2O4S/c1-2-17(14-8-6-13(16-18)7-9-14)11-12-4-3-5-15(10-12)22(19,20)21/h3-10H,2,11H2,1H3,(H,19,20,21). The Labute approximate surface area is 129 Å². The number of nitroso groups, excluding NO2 is 1. The van der Waals surface area contributed by atoms with Gasteiger partial charge in [-0.25, -0.2) is 0 Å². The summed E-state index contributed by atoms with van der Waals surface area (Å²) in [6.07, 6.45) is 0. The third-order valence-electron chi connectivity index (χ3n) is 3.27. The smallest absolute Gasteiger partial charge is 0.294 e. The van der Waals surface area contributed by atoms with E-state index in [2.05, 4.69) is 5.18 Å². The summed E-state index contributed by atoms with van der Waals surface area (Å²) in [4.78, 5) is 12.3. The molecule has 0 unspecified atom stereocenters. The van der Waals surface area contributed by atoms with Crippen molar-refractivity contribution in [1.29, 1.82) is 0 Å². The molecule has 0 amide bonds. The van der Waals surface area contributed by atoms with E-state index in [0.717, 1.165) is 11.3 Å². The van der Waals surface area contributed by atoms with E-state index in [1.165, 1.54) is 12.1 Å². The highest BCUT2D eigenvalue weighted by Gasteiger charge is 2.11. The first-order valence-electron chi connectivity index (χ1n) is 6.69. The molecule has 2 aromatic carbocycles. The van der Waals surface area contributed by atoms with Crippen LogP contribution in [0.15, 0.2) is 58.6 Å². The fourth-order valence-electron chi connectivity index (χ4n) is 2.13. The van der Waals surface area contributed by atoms with Gasteiger partial charge in [0.25, 0.3) is 10.1 Å². The fourth-order valence-corrected chi connectivity index (χ4v) is 2.69. The quantitative estimate of drug-likeness (QED) is 0.651. The maximum atomic E-state index is 11.2. The van der Waals surface area contributed by atoms with Crippen LogP contribution in [0.2, 0.25) is 0 Å². The summed E-state index contributed by atoms with van der Waals surface area (Å²) in [5, 5.41) is 2.86. The van der Waals surface area contributed by atoms with Crippen molar-refractivity contribution in [2.75, 3.05) is 11.4 Å². The molecular formula is C15H16N2O4S. The Morgan fingerprint density at radius 2 is 1.82 bits per heavy atom. The Kier molecular flexibility index (Phi) is 4.89. The number of anilines is 1. The maximum absolute atomic E-state index is 11.2. The van der Waals surface area contributed by atoms with Crippen LogP contribution in [0.3, 0.4) is 0 Å². The molecule has 0 saturated carbocycles. The van der Waals surface area contributed by atoms with Gasteiger partial charge in [-0.05, 0) is 54.1 Å². The molecule has 0 heterocycles. The zero-order valence-corrected chi connectivity index (χ0v) is 12.8. The predicted molar refractivity (Wildman–Crippen MR) is 84.9 cm³/mol. The number of hydrogen-bond donors (Lipinski definition) is 1. The summed E-state index contributed by atoms with van der Waals surface area (Å²) in [5.74, 6) is 0. The first-order chi connectivity index (χ1) is 10.4. The molecule has 7 heteroatoms. The lowest BCUT2D eigenvalue weighted by atomic mass is 10.2. The van der Waals surface area contributed by atoms with Gasteiger partial charge in [-0.1, -0.05) is 12.1 Å². The van der Waals surface area contributed by atoms with E-state index in [0.29, 0.717) is 18.8 Å². The zero-order valence-electron chi connectivity index (χ0n) is 12.0. The largest absolute Gasteiger partial charge is 0.367 e. The van der Waals surface area contributed by atoms with Gasteiger partial charge in [0, 0.05) is 18.8 Å². The van der Waals surface area contributed by atoms with Gasteiger partial charge in [-0.2, -0.15) is 8.42 Å². The predicted octanol–water partition coefficient (Wildman–Crippen LogP) is 3.36. The molecule has 0 bridgehead atoms. The van der Waals surface area contributed by atoms with E-state index in [4.69, 9.17) is 4.55 Å². The van der Waals surface area contributed by atoms with Gasteiger partial charge in [0.05, 0.1) is 4.90 Å². The Bertz CT molecular complexity index is 757. The zero-order chi connectivity index (χ0) is 16.2. The lowest BCUT2D eigenvalue weighted by Crippen LogP contribution is -2.22. The van der Waals surface area contributed by atoms with Crippen LogP contribution in [0.5, 0.6) is 0 Å². The number of hydrogen-bond acceptors (Lipinski definition) is 5. The highest BCUT2D eigenvalue weighted by atomic mass is 32.2. The molecule has 22 heavy (non-hydrogen) atoms. The van der Waals surface area contributed by atoms with Gasteiger partial charge in [-0.3, -0.25) is 4.55 Å². The number of rotatable bonds is 6. The van der Waals surface area contributed by atoms with Gasteiger partial charge in [0.1, 0.15) is 5.69 Å². The molecule has 0 spiro atoms. The Balaban J connectivity index is 2.24. The molecule has 0 aliphatic carbocycles. The van der Waals surface area contributed by atoms with Crippen molar-refractivity contribution in [3.8, 4) is 0 Å². The molecule has 0 aliphatic heterocycles. The Morgan fingerprint density at radius 1 is 1.14 bits per heavy atom. The van der Waals surface area contributed by atoms with Crippen molar-refractivity contribution in [2.45, 2.75) is 18.4 Å². The molecule has 116 valence electrons. The van der Waals surface area contributed by atoms with Crippen LogP contribution in [-0.4, -0.2) is 19.5 Å². The number of benzene rings is 2. The van der Waals surface area contributed by atoms with Crippen LogP contribution in [0, 0.1) is 4.91 Å². The average molecular weight is 320 g/mol. The Hall–Kier alpha value is -2.25. The SMILES string of the molecule is CCN(Cc1cccc(S(=O)(=O)O)c1)c1ccc(N=O)cc1. The van der Waals surface area contributed by atoms with Crippen LogP contribution in [0.1, 0.15) is 12.5 Å². The van der Waals surface area contributed by atoms with Gasteiger partial charge >= 0.3 is 0 Å². The third kappa shape index (κ3) is 3.90. The lowest BCUT2D eigenvalue weighted by Gasteiger charge is -2.23. The van der Waals surface area contributed by atoms with E-state index in [9.17, 15) is 13.3 Å². The lowest BCUT2D eigenvalue weighted by molar-refractivity contribution is 0.483. The van der Waals surface area contributed by atoms with Crippen molar-refractivity contribution in [1.82, 2.24) is 0 Å². The topological polar surface area (TPSA) is 87.0 Å². The molecule has 2 rings (SSSR count). The molecule has 0 fully saturated rings. The second kappa shape index (κ2) is 6.67. The minimum atomic E-state index is -4.21. The van der Waals surface area contributed by atoms with Crippen molar-refractivity contribution >= 4 is 21.5 Å². The molecular weight excluding hydrogens is 304 g/mol. The average Bonchev–Trinajstić information content (AvgIpc) is 2.52. The normalized spacial score (nSPS) is 11.2. The maximum Gasteiger partial charge on any atom is 0.294 e. The van der Waals surface area contributed by atoms with Crippen molar-refractivity contribution in [2.24, 2.45) is 5.18 Å². The second-order valence-electron chi connectivity index (χ2n) is 4.74. The van der Waals surface area contributed by atoms with Gasteiger partial charge in [0.2, 0.25) is 0 Å². The van der Waals surface area contributed by atoms with Crippen LogP contribution in [-0.2, 0) is 16.7 Å². The van der Waals surface area contributed by atoms with E-state index in [-0.39, 0.29) is 4.90 Å². The van der Waals surface area contributed by atoms with Crippen LogP contribution in [0.25, 0.3) is 0 Å². The molecule has 0 radical (unpaired) electrons. The summed E-state index contributed by atoms with van der Waals surface area (Å²) in [6, 6.07) is 13.0. The molecule has 0 atom stereocenters. The summed E-state index contributed by atoms with van der Waals surface area (Å²) < 4.78 is 31.5. The van der Waals surface area contributed by atoms with Crippen molar-refractivity contribution in [3.05, 3.63) is 59.0 Å². The van der Waals surface area contributed by atoms with Crippen molar-refractivity contribution < 1.29 is 13.0 Å². The van der Waals surface area contributed by atoms with E-state index >= 15 is 0 Å². The van der Waals surface area contributed by atoms with Crippen LogP contribution < -0.4 is 4.90 Å². The van der Waals surface area contributed by atoms with E-state index < -0.39 is 10.1 Å². The van der Waals surface area contributed by atoms with Crippen LogP contribution >= 0.6 is 0 Å². The molecule has 0 saturated heterocycles. The van der Waals surface area contributed by atoms with E-state index in [1.54, 1.807) is 36.4 Å². The van der Waals surface area contributed by atoms with Crippen molar-refractivity contribution in [3.63, 3.8) is 0 Å². The minimum absolute atomic E-state index is 0.124. The highest BCUT2D eigenvalue weighted by Crippen LogP contribution is 2.22. The van der Waals surface area contributed by atoms with Gasteiger partial charge in [0.15, 0.2) is 0 Å². The van der Waals surface area contributed by atoms with Gasteiger partial charge in [-0.15, -0.1) is 4.91 Å². The van der Waals surface area contributed by atoms with E-state index in [1.807, 2.05) is 11.8 Å². The first kappa shape index (κ1) is 16.1. The summed E-state index contributed by atoms with van der Waals surface area (Å²) in [6.45, 7) is 3.15. The summed E-state index contributed by atoms with van der Waals surface area (Å²) >= 11 is 0. The van der Waals surface area contributed by atoms with Gasteiger partial charge < -0.3 is 4.90 Å². The summed E-state index contributed by atoms with van der Waals surface area (Å²) in [5.41, 5.74) is 2.01. The summed E-state index contributed by atoms with van der Waals surface area (Å²) in [7, 11) is -4.21. The second-order valence-corrected chi connectivity index (χ2v) is 6.17. The number of nitrogens with zero attached hydrogens (tertiary/aromatic N) is 2. The molecule has 2 aromatic rings. The molecule has 0 aromatic heterocycles. The Morgan fingerprint density at radius 3 is 2.36 bits per heavy atom. The minimum Gasteiger partial charge on any atom is -0.367 e. The first-order valence-corrected chi connectivity index (χ1v) is 8.13. The fraction of sp³-hybridized carbons (Fsp3) is 0.200. The third-order valence-corrected chi connectivity index (χ3v) is 4.12. The molecule has 6 nitrogen and oxygen atoms in total. The molecule has 1 N–H and O–H groups in total. The monoisotopic (exact) mass is 320 g/mol.